The Bertz CT molecular complexity index is 1430. The summed E-state index contributed by atoms with van der Waals surface area (Å²) in [5.74, 6) is 0. The molecule has 0 amide bonds. The highest BCUT2D eigenvalue weighted by Crippen LogP contribution is 2.33. The van der Waals surface area contributed by atoms with E-state index in [1.54, 1.807) is 0 Å². The van der Waals surface area contributed by atoms with Crippen molar-refractivity contribution in [3.63, 3.8) is 0 Å². The maximum atomic E-state index is 2.34. The lowest BCUT2D eigenvalue weighted by molar-refractivity contribution is 0.204. The second kappa shape index (κ2) is 8.86. The van der Waals surface area contributed by atoms with Gasteiger partial charge in [-0.3, -0.25) is 9.80 Å². The third-order valence-corrected chi connectivity index (χ3v) is 6.40. The van der Waals surface area contributed by atoms with Crippen molar-refractivity contribution in [1.82, 2.24) is 14.4 Å². The Hall–Kier alpha value is -3.40. The van der Waals surface area contributed by atoms with Crippen molar-refractivity contribution in [2.24, 2.45) is 7.05 Å². The Morgan fingerprint density at radius 3 is 2.18 bits per heavy atom. The van der Waals surface area contributed by atoms with Crippen molar-refractivity contribution in [2.45, 2.75) is 6.54 Å². The Kier molecular flexibility index (Phi) is 5.76. The predicted octanol–water partition coefficient (Wildman–Crippen LogP) is 6.62. The number of fused-ring (bicyclic) bond motifs is 3. The predicted molar refractivity (Wildman–Crippen MR) is 141 cm³/mol. The summed E-state index contributed by atoms with van der Waals surface area (Å²) in [6.07, 6.45) is 0. The molecule has 4 aromatic carbocycles. The molecule has 0 N–H and O–H groups in total. The minimum Gasteiger partial charge on any atom is -0.344 e. The van der Waals surface area contributed by atoms with E-state index >= 15 is 0 Å². The van der Waals surface area contributed by atoms with Crippen LogP contribution in [0.1, 0.15) is 5.56 Å². The Morgan fingerprint density at radius 2 is 1.33 bits per heavy atom. The number of rotatable bonds is 6. The van der Waals surface area contributed by atoms with Gasteiger partial charge >= 0.3 is 0 Å². The quantitative estimate of drug-likeness (QED) is 0.279. The Morgan fingerprint density at radius 1 is 0.636 bits per heavy atom. The van der Waals surface area contributed by atoms with Gasteiger partial charge in [0.1, 0.15) is 0 Å². The Labute approximate surface area is 196 Å². The van der Waals surface area contributed by atoms with Crippen LogP contribution in [0, 0.1) is 0 Å². The van der Waals surface area contributed by atoms with E-state index in [9.17, 15) is 0 Å². The van der Waals surface area contributed by atoms with E-state index < -0.39 is 0 Å². The van der Waals surface area contributed by atoms with Crippen molar-refractivity contribution in [2.75, 3.05) is 27.8 Å². The highest BCUT2D eigenvalue weighted by Gasteiger charge is 2.11. The van der Waals surface area contributed by atoms with Crippen molar-refractivity contribution in [3.05, 3.63) is 96.6 Å². The van der Waals surface area contributed by atoms with Crippen LogP contribution in [0.5, 0.6) is 0 Å². The molecule has 0 atom stereocenters. The van der Waals surface area contributed by atoms with Gasteiger partial charge in [-0.2, -0.15) is 0 Å². The second-order valence-electron chi connectivity index (χ2n) is 9.28. The van der Waals surface area contributed by atoms with Crippen LogP contribution in [-0.4, -0.2) is 42.2 Å². The standard InChI is InChI=1S/C30H31N3/c1-31(2)21-32(3)20-25-10-5-6-13-26(25)24-12-9-11-22(18-24)23-16-17-28-27-14-7-8-15-29(27)33(4)30(28)19-23/h5-19H,20-21H2,1-4H3. The van der Waals surface area contributed by atoms with Gasteiger partial charge < -0.3 is 4.57 Å². The fraction of sp³-hybridized carbons (Fsp3) is 0.200. The minimum absolute atomic E-state index is 0.917. The molecule has 166 valence electrons. The average molecular weight is 434 g/mol. The molecule has 0 aliphatic rings. The molecule has 0 aliphatic carbocycles. The van der Waals surface area contributed by atoms with Gasteiger partial charge in [-0.25, -0.2) is 0 Å². The van der Waals surface area contributed by atoms with Gasteiger partial charge in [0.05, 0.1) is 6.67 Å². The van der Waals surface area contributed by atoms with Gasteiger partial charge in [-0.05, 0) is 67.2 Å². The summed E-state index contributed by atoms with van der Waals surface area (Å²) in [6.45, 7) is 1.85. The number of aryl methyl sites for hydroxylation is 1. The molecule has 1 aromatic heterocycles. The first-order valence-electron chi connectivity index (χ1n) is 11.5. The summed E-state index contributed by atoms with van der Waals surface area (Å²) in [6, 6.07) is 33.2. The van der Waals surface area contributed by atoms with Crippen LogP contribution in [-0.2, 0) is 13.6 Å². The summed E-state index contributed by atoms with van der Waals surface area (Å²) in [5.41, 5.74) is 8.95. The van der Waals surface area contributed by atoms with Gasteiger partial charge in [0.15, 0.2) is 0 Å². The zero-order chi connectivity index (χ0) is 22.9. The van der Waals surface area contributed by atoms with Gasteiger partial charge in [-0.15, -0.1) is 0 Å². The fourth-order valence-corrected chi connectivity index (χ4v) is 4.97. The van der Waals surface area contributed by atoms with Gasteiger partial charge in [0.25, 0.3) is 0 Å². The smallest absolute Gasteiger partial charge is 0.0501 e. The monoisotopic (exact) mass is 433 g/mol. The maximum absolute atomic E-state index is 2.34. The van der Waals surface area contributed by atoms with E-state index in [1.807, 2.05) is 0 Å². The van der Waals surface area contributed by atoms with Crippen molar-refractivity contribution < 1.29 is 0 Å². The molecule has 0 spiro atoms. The van der Waals surface area contributed by atoms with E-state index in [0.717, 1.165) is 13.2 Å². The fourth-order valence-electron chi connectivity index (χ4n) is 4.97. The van der Waals surface area contributed by atoms with Crippen LogP contribution >= 0.6 is 0 Å². The van der Waals surface area contributed by atoms with E-state index in [0.29, 0.717) is 0 Å². The van der Waals surface area contributed by atoms with Gasteiger partial charge in [-0.1, -0.05) is 72.8 Å². The molecular weight excluding hydrogens is 402 g/mol. The highest BCUT2D eigenvalue weighted by atomic mass is 15.3. The van der Waals surface area contributed by atoms with Crippen LogP contribution in [0.4, 0.5) is 0 Å². The zero-order valence-corrected chi connectivity index (χ0v) is 19.9. The first kappa shape index (κ1) is 21.4. The first-order valence-corrected chi connectivity index (χ1v) is 11.5. The number of benzene rings is 4. The van der Waals surface area contributed by atoms with E-state index in [1.165, 1.54) is 49.6 Å². The van der Waals surface area contributed by atoms with Gasteiger partial charge in [0.2, 0.25) is 0 Å². The van der Waals surface area contributed by atoms with Crippen LogP contribution < -0.4 is 0 Å². The number of hydrogen-bond donors (Lipinski definition) is 0. The number of para-hydroxylation sites is 1. The molecule has 0 bridgehead atoms. The summed E-state index contributed by atoms with van der Waals surface area (Å²) >= 11 is 0. The number of hydrogen-bond acceptors (Lipinski definition) is 2. The molecule has 0 aliphatic heterocycles. The lowest BCUT2D eigenvalue weighted by Crippen LogP contribution is -2.29. The van der Waals surface area contributed by atoms with Crippen molar-refractivity contribution in [1.29, 1.82) is 0 Å². The van der Waals surface area contributed by atoms with E-state index in [-0.39, 0.29) is 0 Å². The highest BCUT2D eigenvalue weighted by molar-refractivity contribution is 6.09. The first-order chi connectivity index (χ1) is 16.0. The van der Waals surface area contributed by atoms with Crippen molar-refractivity contribution in [3.8, 4) is 22.3 Å². The molecule has 0 unspecified atom stereocenters. The summed E-state index contributed by atoms with van der Waals surface area (Å²) in [5, 5.41) is 2.62. The molecular formula is C30H31N3. The molecule has 5 aromatic rings. The van der Waals surface area contributed by atoms with Crippen LogP contribution in [0.15, 0.2) is 91.0 Å². The molecule has 33 heavy (non-hydrogen) atoms. The molecule has 1 heterocycles. The molecule has 3 heteroatoms. The Balaban J connectivity index is 1.54. The topological polar surface area (TPSA) is 11.4 Å². The van der Waals surface area contributed by atoms with Gasteiger partial charge in [0, 0.05) is 35.4 Å². The van der Waals surface area contributed by atoms with Crippen LogP contribution in [0.25, 0.3) is 44.1 Å². The lowest BCUT2D eigenvalue weighted by atomic mass is 9.95. The largest absolute Gasteiger partial charge is 0.344 e. The average Bonchev–Trinajstić information content (AvgIpc) is 3.11. The lowest BCUT2D eigenvalue weighted by Gasteiger charge is -2.22. The third-order valence-electron chi connectivity index (χ3n) is 6.40. The molecule has 3 nitrogen and oxygen atoms in total. The summed E-state index contributed by atoms with van der Waals surface area (Å²) < 4.78 is 2.30. The third kappa shape index (κ3) is 4.18. The molecule has 0 fully saturated rings. The number of aromatic nitrogens is 1. The second-order valence-corrected chi connectivity index (χ2v) is 9.28. The van der Waals surface area contributed by atoms with Crippen LogP contribution in [0.2, 0.25) is 0 Å². The van der Waals surface area contributed by atoms with E-state index in [2.05, 4.69) is 134 Å². The SMILES string of the molecule is CN(C)CN(C)Cc1ccccc1-c1cccc(-c2ccc3c4ccccc4n(C)c3c2)c1. The summed E-state index contributed by atoms with van der Waals surface area (Å²) in [7, 11) is 8.55. The maximum Gasteiger partial charge on any atom is 0.0501 e. The number of nitrogens with zero attached hydrogens (tertiary/aromatic N) is 3. The molecule has 0 saturated carbocycles. The molecule has 5 rings (SSSR count). The summed E-state index contributed by atoms with van der Waals surface area (Å²) in [4.78, 5) is 4.54. The van der Waals surface area contributed by atoms with E-state index in [4.69, 9.17) is 0 Å². The van der Waals surface area contributed by atoms with Crippen molar-refractivity contribution >= 4 is 21.8 Å². The van der Waals surface area contributed by atoms with Crippen LogP contribution in [0.3, 0.4) is 0 Å². The normalized spacial score (nSPS) is 11.8. The molecule has 0 radical (unpaired) electrons. The molecule has 0 saturated heterocycles. The zero-order valence-electron chi connectivity index (χ0n) is 19.9. The minimum atomic E-state index is 0.917.